The van der Waals surface area contributed by atoms with Crippen LogP contribution in [0.5, 0.6) is 17.2 Å². The van der Waals surface area contributed by atoms with Gasteiger partial charge in [0.1, 0.15) is 0 Å². The number of rotatable bonds is 5. The molecule has 1 atom stereocenters. The highest BCUT2D eigenvalue weighted by Crippen LogP contribution is 2.41. The summed E-state index contributed by atoms with van der Waals surface area (Å²) in [5.41, 5.74) is 2.38. The molecule has 0 N–H and O–H groups in total. The monoisotopic (exact) mass is 272 g/mol. The number of ether oxygens (including phenoxy) is 3. The van der Waals surface area contributed by atoms with Crippen LogP contribution in [-0.4, -0.2) is 21.3 Å². The van der Waals surface area contributed by atoms with Crippen LogP contribution in [-0.2, 0) is 0 Å². The fourth-order valence-corrected chi connectivity index (χ4v) is 2.29. The smallest absolute Gasteiger partial charge is 0.203 e. The number of hydrogen-bond donors (Lipinski definition) is 0. The molecule has 1 unspecified atom stereocenters. The Balaban J connectivity index is 2.47. The molecule has 3 nitrogen and oxygen atoms in total. The van der Waals surface area contributed by atoms with E-state index in [0.29, 0.717) is 17.2 Å². The first kappa shape index (κ1) is 14.3. The second kappa shape index (κ2) is 6.33. The molecule has 0 radical (unpaired) electrons. The van der Waals surface area contributed by atoms with E-state index in [1.807, 2.05) is 30.3 Å². The molecule has 0 spiro atoms. The van der Waals surface area contributed by atoms with E-state index < -0.39 is 0 Å². The third-order valence-corrected chi connectivity index (χ3v) is 3.49. The zero-order valence-electron chi connectivity index (χ0n) is 12.3. The average molecular weight is 272 g/mol. The summed E-state index contributed by atoms with van der Waals surface area (Å²) < 4.78 is 16.1. The predicted octanol–water partition coefficient (Wildman–Crippen LogP) is 3.86. The van der Waals surface area contributed by atoms with Crippen LogP contribution in [0.15, 0.2) is 42.5 Å². The van der Waals surface area contributed by atoms with Crippen LogP contribution in [0, 0.1) is 0 Å². The topological polar surface area (TPSA) is 27.7 Å². The third-order valence-electron chi connectivity index (χ3n) is 3.49. The van der Waals surface area contributed by atoms with Crippen LogP contribution in [0.2, 0.25) is 0 Å². The Morgan fingerprint density at radius 1 is 0.750 bits per heavy atom. The van der Waals surface area contributed by atoms with E-state index in [1.165, 1.54) is 5.56 Å². The highest BCUT2D eigenvalue weighted by Gasteiger charge is 2.17. The Morgan fingerprint density at radius 3 is 1.75 bits per heavy atom. The van der Waals surface area contributed by atoms with Gasteiger partial charge in [-0.1, -0.05) is 37.3 Å². The average Bonchev–Trinajstić information content (AvgIpc) is 2.53. The highest BCUT2D eigenvalue weighted by molar-refractivity contribution is 5.55. The standard InChI is InChI=1S/C17H20O3/c1-12(13-8-6-5-7-9-13)14-10-15(18-2)17(20-4)16(11-14)19-3/h5-12H,1-4H3. The van der Waals surface area contributed by atoms with E-state index in [4.69, 9.17) is 14.2 Å². The van der Waals surface area contributed by atoms with Crippen LogP contribution in [0.4, 0.5) is 0 Å². The number of benzene rings is 2. The molecule has 0 bridgehead atoms. The van der Waals surface area contributed by atoms with Gasteiger partial charge in [0.25, 0.3) is 0 Å². The molecule has 0 aliphatic carbocycles. The maximum Gasteiger partial charge on any atom is 0.203 e. The van der Waals surface area contributed by atoms with Crippen molar-refractivity contribution in [3.05, 3.63) is 53.6 Å². The Bertz CT molecular complexity index is 539. The summed E-state index contributed by atoms with van der Waals surface area (Å²) in [6.45, 7) is 2.16. The summed E-state index contributed by atoms with van der Waals surface area (Å²) >= 11 is 0. The van der Waals surface area contributed by atoms with Crippen molar-refractivity contribution in [3.63, 3.8) is 0 Å². The minimum Gasteiger partial charge on any atom is -0.493 e. The van der Waals surface area contributed by atoms with Gasteiger partial charge < -0.3 is 14.2 Å². The van der Waals surface area contributed by atoms with E-state index in [0.717, 1.165) is 5.56 Å². The second-order valence-electron chi connectivity index (χ2n) is 4.59. The third kappa shape index (κ3) is 2.72. The van der Waals surface area contributed by atoms with Gasteiger partial charge in [-0.3, -0.25) is 0 Å². The highest BCUT2D eigenvalue weighted by atomic mass is 16.5. The fourth-order valence-electron chi connectivity index (χ4n) is 2.29. The van der Waals surface area contributed by atoms with Crippen molar-refractivity contribution < 1.29 is 14.2 Å². The zero-order chi connectivity index (χ0) is 14.5. The van der Waals surface area contributed by atoms with Crippen molar-refractivity contribution in [1.29, 1.82) is 0 Å². The van der Waals surface area contributed by atoms with Crippen molar-refractivity contribution in [3.8, 4) is 17.2 Å². The normalized spacial score (nSPS) is 11.8. The van der Waals surface area contributed by atoms with E-state index in [-0.39, 0.29) is 5.92 Å². The molecule has 0 amide bonds. The van der Waals surface area contributed by atoms with Gasteiger partial charge in [-0.2, -0.15) is 0 Å². The molecule has 0 saturated heterocycles. The number of hydrogen-bond acceptors (Lipinski definition) is 3. The maximum absolute atomic E-state index is 5.40. The van der Waals surface area contributed by atoms with E-state index in [2.05, 4.69) is 19.1 Å². The lowest BCUT2D eigenvalue weighted by Gasteiger charge is -2.18. The second-order valence-corrected chi connectivity index (χ2v) is 4.59. The molecule has 2 aromatic rings. The molecule has 0 heterocycles. The summed E-state index contributed by atoms with van der Waals surface area (Å²) in [6.07, 6.45) is 0. The minimum absolute atomic E-state index is 0.255. The van der Waals surface area contributed by atoms with Gasteiger partial charge in [-0.05, 0) is 23.3 Å². The molecule has 0 aromatic heterocycles. The molecule has 0 fully saturated rings. The fraction of sp³-hybridized carbons (Fsp3) is 0.294. The molecule has 20 heavy (non-hydrogen) atoms. The van der Waals surface area contributed by atoms with Gasteiger partial charge in [0, 0.05) is 5.92 Å². The lowest BCUT2D eigenvalue weighted by molar-refractivity contribution is 0.323. The van der Waals surface area contributed by atoms with Crippen molar-refractivity contribution in [2.45, 2.75) is 12.8 Å². The van der Waals surface area contributed by atoms with E-state index >= 15 is 0 Å². The molecule has 3 heteroatoms. The summed E-state index contributed by atoms with van der Waals surface area (Å²) in [5.74, 6) is 2.25. The van der Waals surface area contributed by atoms with Crippen LogP contribution >= 0.6 is 0 Å². The molecule has 2 rings (SSSR count). The van der Waals surface area contributed by atoms with Gasteiger partial charge in [0.2, 0.25) is 5.75 Å². The first-order valence-corrected chi connectivity index (χ1v) is 6.56. The van der Waals surface area contributed by atoms with Crippen LogP contribution in [0.3, 0.4) is 0 Å². The first-order chi connectivity index (χ1) is 9.71. The Morgan fingerprint density at radius 2 is 1.30 bits per heavy atom. The maximum atomic E-state index is 5.40. The molecule has 2 aromatic carbocycles. The summed E-state index contributed by atoms with van der Waals surface area (Å²) in [5, 5.41) is 0. The van der Waals surface area contributed by atoms with Gasteiger partial charge in [0.15, 0.2) is 11.5 Å². The van der Waals surface area contributed by atoms with Crippen molar-refractivity contribution in [2.75, 3.05) is 21.3 Å². The number of methoxy groups -OCH3 is 3. The Hall–Kier alpha value is -2.16. The van der Waals surface area contributed by atoms with E-state index in [1.54, 1.807) is 21.3 Å². The predicted molar refractivity (Wildman–Crippen MR) is 80.1 cm³/mol. The van der Waals surface area contributed by atoms with Crippen molar-refractivity contribution in [2.24, 2.45) is 0 Å². The minimum atomic E-state index is 0.255. The largest absolute Gasteiger partial charge is 0.493 e. The lowest BCUT2D eigenvalue weighted by Crippen LogP contribution is -2.00. The Labute approximate surface area is 120 Å². The van der Waals surface area contributed by atoms with Crippen molar-refractivity contribution in [1.82, 2.24) is 0 Å². The summed E-state index contributed by atoms with van der Waals surface area (Å²) in [4.78, 5) is 0. The first-order valence-electron chi connectivity index (χ1n) is 6.56. The summed E-state index contributed by atoms with van der Waals surface area (Å²) in [7, 11) is 4.88. The van der Waals surface area contributed by atoms with Crippen molar-refractivity contribution >= 4 is 0 Å². The SMILES string of the molecule is COc1cc(C(C)c2ccccc2)cc(OC)c1OC. The molecule has 0 aliphatic rings. The zero-order valence-corrected chi connectivity index (χ0v) is 12.3. The van der Waals surface area contributed by atoms with E-state index in [9.17, 15) is 0 Å². The van der Waals surface area contributed by atoms with Gasteiger partial charge in [0.05, 0.1) is 21.3 Å². The molecule has 0 aliphatic heterocycles. The molecule has 106 valence electrons. The van der Waals surface area contributed by atoms with Gasteiger partial charge in [-0.15, -0.1) is 0 Å². The van der Waals surface area contributed by atoms with Crippen LogP contribution < -0.4 is 14.2 Å². The quantitative estimate of drug-likeness (QED) is 0.827. The van der Waals surface area contributed by atoms with Gasteiger partial charge in [-0.25, -0.2) is 0 Å². The molecule has 0 saturated carbocycles. The van der Waals surface area contributed by atoms with Gasteiger partial charge >= 0.3 is 0 Å². The molecular formula is C17H20O3. The Kier molecular flexibility index (Phi) is 4.51. The summed E-state index contributed by atoms with van der Waals surface area (Å²) in [6, 6.07) is 14.3. The van der Waals surface area contributed by atoms with Crippen LogP contribution in [0.1, 0.15) is 24.0 Å². The molecular weight excluding hydrogens is 252 g/mol. The van der Waals surface area contributed by atoms with Crippen LogP contribution in [0.25, 0.3) is 0 Å². The lowest BCUT2D eigenvalue weighted by atomic mass is 9.92.